The number of rotatable bonds is 2. The van der Waals surface area contributed by atoms with E-state index in [4.69, 9.17) is 4.74 Å². The molecule has 3 heteroatoms. The monoisotopic (exact) mass is 300 g/mol. The van der Waals surface area contributed by atoms with Crippen LogP contribution in [-0.4, -0.2) is 12.6 Å². The van der Waals surface area contributed by atoms with Crippen LogP contribution in [0.25, 0.3) is 5.57 Å². The molecule has 116 valence electrons. The Hall–Kier alpha value is -1.90. The maximum atomic E-state index is 14.0. The summed E-state index contributed by atoms with van der Waals surface area (Å²) in [5.74, 6) is -0.182. The van der Waals surface area contributed by atoms with Gasteiger partial charge in [-0.1, -0.05) is 23.8 Å². The van der Waals surface area contributed by atoms with Crippen LogP contribution >= 0.6 is 0 Å². The summed E-state index contributed by atoms with van der Waals surface area (Å²) in [6.45, 7) is 4.33. The van der Waals surface area contributed by atoms with Gasteiger partial charge in [0.2, 0.25) is 0 Å². The molecule has 0 bridgehead atoms. The largest absolute Gasteiger partial charge is 0.462 e. The van der Waals surface area contributed by atoms with Gasteiger partial charge in [-0.2, -0.15) is 0 Å². The summed E-state index contributed by atoms with van der Waals surface area (Å²) < 4.78 is 19.1. The molecule has 1 saturated heterocycles. The molecule has 22 heavy (non-hydrogen) atoms. The molecule has 1 aromatic rings. The molecule has 1 unspecified atom stereocenters. The minimum Gasteiger partial charge on any atom is -0.462 e. The highest BCUT2D eigenvalue weighted by Crippen LogP contribution is 2.39. The number of cyclic esters (lactones) is 1. The highest BCUT2D eigenvalue weighted by atomic mass is 19.1. The second kappa shape index (κ2) is 6.07. The van der Waals surface area contributed by atoms with E-state index in [0.717, 1.165) is 36.0 Å². The van der Waals surface area contributed by atoms with E-state index in [-0.39, 0.29) is 17.7 Å². The van der Waals surface area contributed by atoms with Crippen LogP contribution < -0.4 is 0 Å². The first-order valence-corrected chi connectivity index (χ1v) is 7.88. The Morgan fingerprint density at radius 1 is 1.27 bits per heavy atom. The average Bonchev–Trinajstić information content (AvgIpc) is 2.91. The number of carbonyl (C=O) groups is 1. The maximum Gasteiger partial charge on any atom is 0.334 e. The van der Waals surface area contributed by atoms with Gasteiger partial charge >= 0.3 is 5.97 Å². The van der Waals surface area contributed by atoms with Gasteiger partial charge in [-0.05, 0) is 61.8 Å². The number of ether oxygens (including phenoxy) is 1. The SMILES string of the molecule is CC1=CCC(/C(=C2\CCOC2=O)c2ccc(C)c(F)c2)CC1. The smallest absolute Gasteiger partial charge is 0.334 e. The van der Waals surface area contributed by atoms with Crippen molar-refractivity contribution < 1.29 is 13.9 Å². The summed E-state index contributed by atoms with van der Waals surface area (Å²) in [7, 11) is 0. The third kappa shape index (κ3) is 2.85. The molecule has 1 aromatic carbocycles. The first-order valence-electron chi connectivity index (χ1n) is 7.88. The number of allylic oxidation sites excluding steroid dienone is 3. The lowest BCUT2D eigenvalue weighted by atomic mass is 9.79. The molecule has 0 amide bonds. The van der Waals surface area contributed by atoms with Gasteiger partial charge in [0.15, 0.2) is 0 Å². The fraction of sp³-hybridized carbons (Fsp3) is 0.421. The van der Waals surface area contributed by atoms with Crippen molar-refractivity contribution in [1.29, 1.82) is 0 Å². The molecule has 1 atom stereocenters. The van der Waals surface area contributed by atoms with Crippen LogP contribution in [0.2, 0.25) is 0 Å². The van der Waals surface area contributed by atoms with Gasteiger partial charge in [-0.25, -0.2) is 9.18 Å². The van der Waals surface area contributed by atoms with Crippen LogP contribution in [-0.2, 0) is 9.53 Å². The summed E-state index contributed by atoms with van der Waals surface area (Å²) in [5.41, 5.74) is 4.58. The number of esters is 1. The van der Waals surface area contributed by atoms with E-state index in [2.05, 4.69) is 13.0 Å². The zero-order valence-corrected chi connectivity index (χ0v) is 13.1. The van der Waals surface area contributed by atoms with Crippen LogP contribution in [0.3, 0.4) is 0 Å². The van der Waals surface area contributed by atoms with Gasteiger partial charge < -0.3 is 4.74 Å². The van der Waals surface area contributed by atoms with Gasteiger partial charge in [-0.3, -0.25) is 0 Å². The lowest BCUT2D eigenvalue weighted by Gasteiger charge is -2.25. The predicted octanol–water partition coefficient (Wildman–Crippen LogP) is 4.58. The van der Waals surface area contributed by atoms with Gasteiger partial charge in [0, 0.05) is 12.0 Å². The van der Waals surface area contributed by atoms with Crippen molar-refractivity contribution in [2.75, 3.05) is 6.61 Å². The average molecular weight is 300 g/mol. The van der Waals surface area contributed by atoms with Gasteiger partial charge in [0.25, 0.3) is 0 Å². The Morgan fingerprint density at radius 3 is 2.68 bits per heavy atom. The molecule has 0 N–H and O–H groups in total. The summed E-state index contributed by atoms with van der Waals surface area (Å²) in [6, 6.07) is 5.28. The molecule has 3 rings (SSSR count). The van der Waals surface area contributed by atoms with E-state index in [1.165, 1.54) is 5.57 Å². The van der Waals surface area contributed by atoms with E-state index >= 15 is 0 Å². The van der Waals surface area contributed by atoms with E-state index in [9.17, 15) is 9.18 Å². The first kappa shape index (κ1) is 15.0. The van der Waals surface area contributed by atoms with Crippen molar-refractivity contribution in [1.82, 2.24) is 0 Å². The first-order chi connectivity index (χ1) is 10.6. The zero-order valence-electron chi connectivity index (χ0n) is 13.1. The van der Waals surface area contributed by atoms with Crippen molar-refractivity contribution in [2.24, 2.45) is 5.92 Å². The summed E-state index contributed by atoms with van der Waals surface area (Å²) in [4.78, 5) is 12.1. The summed E-state index contributed by atoms with van der Waals surface area (Å²) in [6.07, 6.45) is 5.81. The minimum atomic E-state index is -0.234. The molecule has 1 fully saturated rings. The standard InChI is InChI=1S/C19H21FO2/c1-12-3-6-14(7-4-12)18(16-9-10-22-19(16)21)15-8-5-13(2)17(20)11-15/h3,5,8,11,14H,4,6-7,9-10H2,1-2H3/b18-16-. The van der Waals surface area contributed by atoms with Crippen molar-refractivity contribution in [3.8, 4) is 0 Å². The number of benzene rings is 1. The Kier molecular flexibility index (Phi) is 4.14. The highest BCUT2D eigenvalue weighted by Gasteiger charge is 2.29. The quantitative estimate of drug-likeness (QED) is 0.454. The molecule has 2 aliphatic rings. The van der Waals surface area contributed by atoms with E-state index in [1.54, 1.807) is 19.1 Å². The predicted molar refractivity (Wildman–Crippen MR) is 84.7 cm³/mol. The third-order valence-electron chi connectivity index (χ3n) is 4.69. The van der Waals surface area contributed by atoms with Crippen LogP contribution in [0, 0.1) is 18.7 Å². The van der Waals surface area contributed by atoms with Crippen LogP contribution in [0.4, 0.5) is 4.39 Å². The van der Waals surface area contributed by atoms with Crippen LogP contribution in [0.5, 0.6) is 0 Å². The Bertz CT molecular complexity index is 670. The maximum absolute atomic E-state index is 14.0. The lowest BCUT2D eigenvalue weighted by Crippen LogP contribution is -2.12. The second-order valence-corrected chi connectivity index (χ2v) is 6.26. The Balaban J connectivity index is 2.07. The molecule has 0 spiro atoms. The molecule has 1 aliphatic heterocycles. The minimum absolute atomic E-state index is 0.218. The number of halogens is 1. The Morgan fingerprint density at radius 2 is 2.09 bits per heavy atom. The number of hydrogen-bond acceptors (Lipinski definition) is 2. The fourth-order valence-corrected chi connectivity index (χ4v) is 3.32. The molecular formula is C19H21FO2. The molecule has 1 heterocycles. The van der Waals surface area contributed by atoms with Gasteiger partial charge in [0.1, 0.15) is 5.82 Å². The van der Waals surface area contributed by atoms with Gasteiger partial charge in [-0.15, -0.1) is 0 Å². The van der Waals surface area contributed by atoms with Crippen LogP contribution in [0.15, 0.2) is 35.4 Å². The number of carbonyl (C=O) groups excluding carboxylic acids is 1. The Labute approximate surface area is 130 Å². The van der Waals surface area contributed by atoms with Crippen molar-refractivity contribution in [2.45, 2.75) is 39.5 Å². The van der Waals surface area contributed by atoms with E-state index in [1.807, 2.05) is 6.07 Å². The fourth-order valence-electron chi connectivity index (χ4n) is 3.32. The topological polar surface area (TPSA) is 26.3 Å². The molecule has 1 aliphatic carbocycles. The molecule has 0 radical (unpaired) electrons. The van der Waals surface area contributed by atoms with Crippen molar-refractivity contribution in [3.05, 3.63) is 52.4 Å². The zero-order chi connectivity index (χ0) is 15.7. The number of aryl methyl sites for hydroxylation is 1. The molecule has 0 saturated carbocycles. The van der Waals surface area contributed by atoms with E-state index in [0.29, 0.717) is 18.6 Å². The van der Waals surface area contributed by atoms with Gasteiger partial charge in [0.05, 0.1) is 6.61 Å². The summed E-state index contributed by atoms with van der Waals surface area (Å²) >= 11 is 0. The van der Waals surface area contributed by atoms with Crippen LogP contribution in [0.1, 0.15) is 43.7 Å². The highest BCUT2D eigenvalue weighted by molar-refractivity contribution is 5.99. The lowest BCUT2D eigenvalue weighted by molar-refractivity contribution is -0.135. The van der Waals surface area contributed by atoms with Crippen molar-refractivity contribution in [3.63, 3.8) is 0 Å². The molecule has 2 nitrogen and oxygen atoms in total. The van der Waals surface area contributed by atoms with Crippen molar-refractivity contribution >= 4 is 11.5 Å². The van der Waals surface area contributed by atoms with E-state index < -0.39 is 0 Å². The molecular weight excluding hydrogens is 279 g/mol. The number of hydrogen-bond donors (Lipinski definition) is 0. The third-order valence-corrected chi connectivity index (χ3v) is 4.69. The molecule has 0 aromatic heterocycles. The summed E-state index contributed by atoms with van der Waals surface area (Å²) in [5, 5.41) is 0. The second-order valence-electron chi connectivity index (χ2n) is 6.26. The normalized spacial score (nSPS) is 24.0.